The van der Waals surface area contributed by atoms with E-state index in [9.17, 15) is 0 Å². The van der Waals surface area contributed by atoms with E-state index in [1.54, 1.807) is 0 Å². The van der Waals surface area contributed by atoms with Gasteiger partial charge in [-0.15, -0.1) is 0 Å². The van der Waals surface area contributed by atoms with Crippen molar-refractivity contribution in [3.8, 4) is 0 Å². The standard InChI is InChI=1S/C32H16Br8/c33-25-11-19-3-4-21-13-30(38)23(15-29(21)37)7-8-24-16-31(39)22(14-32(24)40)6-5-20-12-27(35)18(10-28(20)36)2-1-17(25)9-26(19)34/h1-16H/b2-1-,4-3-,6-5-,8-7-,17-1?,18-2?,19-3?,20-5?,21-4?,22-6?,23-7?,24-8?. The molecule has 10 aliphatic rings. The maximum absolute atomic E-state index is 3.76. The van der Waals surface area contributed by atoms with Gasteiger partial charge in [-0.25, -0.2) is 0 Å². The summed E-state index contributed by atoms with van der Waals surface area (Å²) >= 11 is 30.1. The Morgan fingerprint density at radius 2 is 0.300 bits per heavy atom. The number of benzene rings is 4. The summed E-state index contributed by atoms with van der Waals surface area (Å²) in [6.07, 6.45) is 16.9. The van der Waals surface area contributed by atoms with E-state index in [4.69, 9.17) is 0 Å². The topological polar surface area (TPSA) is 0 Å². The van der Waals surface area contributed by atoms with Crippen LogP contribution in [0.15, 0.2) is 84.3 Å². The molecular weight excluding hydrogens is 1020 g/mol. The van der Waals surface area contributed by atoms with Crippen molar-refractivity contribution in [3.63, 3.8) is 0 Å². The Morgan fingerprint density at radius 3 is 0.400 bits per heavy atom. The molecule has 8 bridgehead atoms. The molecule has 0 unspecified atom stereocenters. The summed E-state index contributed by atoms with van der Waals surface area (Å²) in [5.41, 5.74) is 8.59. The predicted octanol–water partition coefficient (Wildman–Crippen LogP) is 14.8. The van der Waals surface area contributed by atoms with Crippen LogP contribution in [0.4, 0.5) is 0 Å². The van der Waals surface area contributed by atoms with Crippen LogP contribution in [0.2, 0.25) is 0 Å². The van der Waals surface area contributed by atoms with E-state index in [0.717, 1.165) is 80.3 Å². The molecule has 0 N–H and O–H groups in total. The maximum atomic E-state index is 3.76. The highest BCUT2D eigenvalue weighted by Gasteiger charge is 2.09. The number of rotatable bonds is 0. The minimum absolute atomic E-state index is 1.01. The van der Waals surface area contributed by atoms with Gasteiger partial charge in [0.1, 0.15) is 0 Å². The first kappa shape index (κ1) is 31.1. The molecule has 0 saturated heterocycles. The molecule has 40 heavy (non-hydrogen) atoms. The van der Waals surface area contributed by atoms with Crippen molar-refractivity contribution < 1.29 is 0 Å². The van der Waals surface area contributed by atoms with Crippen molar-refractivity contribution in [1.29, 1.82) is 0 Å². The van der Waals surface area contributed by atoms with Crippen LogP contribution in [0.3, 0.4) is 0 Å². The molecule has 4 aromatic rings. The Balaban J connectivity index is 1.67. The van der Waals surface area contributed by atoms with Crippen LogP contribution < -0.4 is 0 Å². The van der Waals surface area contributed by atoms with Gasteiger partial charge < -0.3 is 0 Å². The Bertz CT molecular complexity index is 1390. The van der Waals surface area contributed by atoms with E-state index in [1.165, 1.54) is 0 Å². The average molecular weight is 1040 g/mol. The lowest BCUT2D eigenvalue weighted by atomic mass is 10.0. The fraction of sp³-hybridized carbons (Fsp3) is 0. The summed E-state index contributed by atoms with van der Waals surface area (Å²) < 4.78 is 8.10. The van der Waals surface area contributed by atoms with Gasteiger partial charge in [-0.2, -0.15) is 0 Å². The zero-order valence-electron chi connectivity index (χ0n) is 20.3. The summed E-state index contributed by atoms with van der Waals surface area (Å²) in [4.78, 5) is 0. The van der Waals surface area contributed by atoms with E-state index in [1.807, 2.05) is 0 Å². The highest BCUT2D eigenvalue weighted by molar-refractivity contribution is 9.11. The average Bonchev–Trinajstić information content (AvgIpc) is 2.90. The minimum Gasteiger partial charge on any atom is -0.0532 e. The van der Waals surface area contributed by atoms with Gasteiger partial charge in [-0.05, 0) is 93.0 Å². The highest BCUT2D eigenvalue weighted by atomic mass is 79.9. The van der Waals surface area contributed by atoms with E-state index in [-0.39, 0.29) is 0 Å². The molecule has 4 aromatic carbocycles. The number of hydrogen-bond donors (Lipinski definition) is 0. The normalized spacial score (nSPS) is 15.8. The Kier molecular flexibility index (Phi) is 10.5. The Morgan fingerprint density at radius 1 is 0.200 bits per heavy atom. The first-order chi connectivity index (χ1) is 19.1. The number of hydrogen-bond acceptors (Lipinski definition) is 0. The van der Waals surface area contributed by atoms with Crippen LogP contribution in [0.5, 0.6) is 0 Å². The molecule has 14 rings (SSSR count). The molecule has 0 spiro atoms. The predicted molar refractivity (Wildman–Crippen MR) is 203 cm³/mol. The lowest BCUT2D eigenvalue weighted by molar-refractivity contribution is 1.50. The largest absolute Gasteiger partial charge is 0.0532 e. The van der Waals surface area contributed by atoms with Gasteiger partial charge in [0.15, 0.2) is 0 Å². The second-order valence-electron chi connectivity index (χ2n) is 8.91. The maximum Gasteiger partial charge on any atom is 0.0254 e. The van der Waals surface area contributed by atoms with Crippen molar-refractivity contribution in [2.45, 2.75) is 0 Å². The summed E-state index contributed by atoms with van der Waals surface area (Å²) in [5, 5.41) is 0. The molecule has 0 nitrogen and oxygen atoms in total. The van der Waals surface area contributed by atoms with Gasteiger partial charge in [0.05, 0.1) is 0 Å². The van der Waals surface area contributed by atoms with Crippen molar-refractivity contribution in [3.05, 3.63) is 129 Å². The molecule has 0 radical (unpaired) electrons. The molecule has 200 valence electrons. The van der Waals surface area contributed by atoms with Crippen molar-refractivity contribution in [2.24, 2.45) is 0 Å². The Labute approximate surface area is 301 Å². The zero-order chi connectivity index (χ0) is 28.6. The Hall–Kier alpha value is -0.320. The molecular formula is C32H16Br8. The molecule has 0 saturated carbocycles. The molecule has 0 atom stereocenters. The zero-order valence-corrected chi connectivity index (χ0v) is 32.9. The molecule has 0 aromatic heterocycles. The van der Waals surface area contributed by atoms with Gasteiger partial charge in [0.25, 0.3) is 0 Å². The third kappa shape index (κ3) is 7.24. The molecule has 0 amide bonds. The lowest BCUT2D eigenvalue weighted by Crippen LogP contribution is -1.86. The van der Waals surface area contributed by atoms with Crippen molar-refractivity contribution in [1.82, 2.24) is 0 Å². The minimum atomic E-state index is 1.01. The highest BCUT2D eigenvalue weighted by Crippen LogP contribution is 2.35. The van der Waals surface area contributed by atoms with Crippen LogP contribution in [-0.4, -0.2) is 0 Å². The third-order valence-electron chi connectivity index (χ3n) is 6.23. The van der Waals surface area contributed by atoms with Crippen molar-refractivity contribution in [2.75, 3.05) is 0 Å². The summed E-state index contributed by atoms with van der Waals surface area (Å²) in [7, 11) is 0. The van der Waals surface area contributed by atoms with Crippen molar-refractivity contribution >= 4 is 176 Å². The van der Waals surface area contributed by atoms with Crippen LogP contribution >= 0.6 is 127 Å². The van der Waals surface area contributed by atoms with Crippen LogP contribution in [0.25, 0.3) is 48.6 Å². The second-order valence-corrected chi connectivity index (χ2v) is 15.7. The SMILES string of the molecule is Brc1cc2c(Br)cc1/C=C\c1cc(Br)c(cc1Br)/C=C\c1cc(Br)c(cc1Br)/C=C\c1cc(Br)c(cc1Br)/C=C\2. The first-order valence-electron chi connectivity index (χ1n) is 11.8. The molecule has 10 aliphatic carbocycles. The van der Waals surface area contributed by atoms with Gasteiger partial charge in [-0.1, -0.05) is 176 Å². The molecule has 0 fully saturated rings. The number of halogens is 8. The van der Waals surface area contributed by atoms with E-state index in [2.05, 4.69) is 225 Å². The first-order valence-corrected chi connectivity index (χ1v) is 18.1. The fourth-order valence-electron chi connectivity index (χ4n) is 4.05. The van der Waals surface area contributed by atoms with Gasteiger partial charge >= 0.3 is 0 Å². The monoisotopic (exact) mass is 1030 g/mol. The molecule has 0 aliphatic heterocycles. The second kappa shape index (κ2) is 13.5. The summed E-state index contributed by atoms with van der Waals surface area (Å²) in [5.74, 6) is 0. The smallest absolute Gasteiger partial charge is 0.0254 e. The van der Waals surface area contributed by atoms with Gasteiger partial charge in [-0.3, -0.25) is 0 Å². The lowest BCUT2D eigenvalue weighted by Gasteiger charge is -2.09. The van der Waals surface area contributed by atoms with Crippen LogP contribution in [0.1, 0.15) is 44.5 Å². The van der Waals surface area contributed by atoms with Gasteiger partial charge in [0.2, 0.25) is 0 Å². The van der Waals surface area contributed by atoms with Crippen LogP contribution in [0, 0.1) is 0 Å². The quantitative estimate of drug-likeness (QED) is 0.145. The van der Waals surface area contributed by atoms with Crippen LogP contribution in [-0.2, 0) is 0 Å². The summed E-state index contributed by atoms with van der Waals surface area (Å²) in [6.45, 7) is 0. The third-order valence-corrected chi connectivity index (χ3v) is 11.7. The van der Waals surface area contributed by atoms with E-state index in [0.29, 0.717) is 0 Å². The summed E-state index contributed by atoms with van der Waals surface area (Å²) in [6, 6.07) is 17.0. The fourth-order valence-corrected chi connectivity index (χ4v) is 8.00. The van der Waals surface area contributed by atoms with Gasteiger partial charge in [0, 0.05) is 35.8 Å². The molecule has 8 heteroatoms. The van der Waals surface area contributed by atoms with E-state index >= 15 is 0 Å². The molecule has 0 heterocycles. The van der Waals surface area contributed by atoms with E-state index < -0.39 is 0 Å².